The van der Waals surface area contributed by atoms with E-state index in [9.17, 15) is 9.59 Å². The maximum Gasteiger partial charge on any atom is 0.230 e. The highest BCUT2D eigenvalue weighted by molar-refractivity contribution is 6.17. The molecule has 0 radical (unpaired) electrons. The Kier molecular flexibility index (Phi) is 2.91. The van der Waals surface area contributed by atoms with Gasteiger partial charge in [-0.3, -0.25) is 9.59 Å². The lowest BCUT2D eigenvalue weighted by Gasteiger charge is -2.08. The largest absolute Gasteiger partial charge is 0.383 e. The second kappa shape index (κ2) is 4.37. The van der Waals surface area contributed by atoms with Crippen LogP contribution in [-0.4, -0.2) is 35.7 Å². The number of hydrogen-bond acceptors (Lipinski definition) is 4. The van der Waals surface area contributed by atoms with E-state index in [1.54, 1.807) is 29.4 Å². The van der Waals surface area contributed by atoms with Gasteiger partial charge in [0.1, 0.15) is 5.82 Å². The summed E-state index contributed by atoms with van der Waals surface area (Å²) in [5, 5.41) is 2.63. The Morgan fingerprint density at radius 1 is 1.41 bits per heavy atom. The van der Waals surface area contributed by atoms with Crippen molar-refractivity contribution in [2.45, 2.75) is 6.42 Å². The lowest BCUT2D eigenvalue weighted by Crippen LogP contribution is -2.12. The number of carbonyl (C=O) groups excluding carboxylic acids is 2. The Labute approximate surface area is 99.1 Å². The van der Waals surface area contributed by atoms with Gasteiger partial charge in [0.15, 0.2) is 5.78 Å². The number of amides is 1. The highest BCUT2D eigenvalue weighted by atomic mass is 16.2. The van der Waals surface area contributed by atoms with Gasteiger partial charge in [0.2, 0.25) is 5.91 Å². The summed E-state index contributed by atoms with van der Waals surface area (Å²) < 4.78 is 0. The van der Waals surface area contributed by atoms with E-state index in [0.717, 1.165) is 0 Å². The topological polar surface area (TPSA) is 62.3 Å². The molecule has 5 heteroatoms. The van der Waals surface area contributed by atoms with Crippen LogP contribution in [0.5, 0.6) is 0 Å². The minimum absolute atomic E-state index is 0.0768. The molecule has 1 N–H and O–H groups in total. The van der Waals surface area contributed by atoms with Crippen molar-refractivity contribution in [1.29, 1.82) is 0 Å². The zero-order valence-electron chi connectivity index (χ0n) is 9.73. The quantitative estimate of drug-likeness (QED) is 0.734. The average Bonchev–Trinajstić information content (AvgIpc) is 2.37. The van der Waals surface area contributed by atoms with Crippen molar-refractivity contribution >= 4 is 17.5 Å². The van der Waals surface area contributed by atoms with Crippen molar-refractivity contribution in [1.82, 2.24) is 9.88 Å². The van der Waals surface area contributed by atoms with E-state index in [4.69, 9.17) is 0 Å². The van der Waals surface area contributed by atoms with E-state index < -0.39 is 0 Å². The molecule has 0 saturated carbocycles. The number of ketones is 1. The number of nitrogens with one attached hydrogen (secondary N) is 1. The van der Waals surface area contributed by atoms with Crippen LogP contribution in [0.4, 0.5) is 5.82 Å². The minimum atomic E-state index is -0.219. The van der Waals surface area contributed by atoms with E-state index in [-0.39, 0.29) is 18.1 Å². The number of carbonyl (C=O) groups is 2. The molecule has 1 aromatic heterocycles. The molecule has 2 rings (SSSR count). The standard InChI is InChI=1S/C12H13N3O2/c1-15(2)7-8-6-10(16)14-12-9(11(8)17)4-3-5-13-12/h3-5,7H,6H2,1-2H3,(H,13,14,16)/b8-7-. The number of fused-ring (bicyclic) bond motifs is 1. The number of pyridine rings is 1. The molecule has 2 heterocycles. The maximum absolute atomic E-state index is 12.2. The molecule has 88 valence electrons. The lowest BCUT2D eigenvalue weighted by molar-refractivity contribution is -0.115. The second-order valence-electron chi connectivity index (χ2n) is 4.07. The molecule has 0 aliphatic carbocycles. The number of nitrogens with zero attached hydrogens (tertiary/aromatic N) is 2. The molecular weight excluding hydrogens is 218 g/mol. The van der Waals surface area contributed by atoms with E-state index in [1.165, 1.54) is 0 Å². The van der Waals surface area contributed by atoms with E-state index >= 15 is 0 Å². The average molecular weight is 231 g/mol. The summed E-state index contributed by atoms with van der Waals surface area (Å²) in [4.78, 5) is 29.6. The molecule has 17 heavy (non-hydrogen) atoms. The van der Waals surface area contributed by atoms with Gasteiger partial charge in [0.25, 0.3) is 0 Å². The van der Waals surface area contributed by atoms with Crippen LogP contribution in [0.1, 0.15) is 16.8 Å². The minimum Gasteiger partial charge on any atom is -0.383 e. The molecule has 0 fully saturated rings. The summed E-state index contributed by atoms with van der Waals surface area (Å²) >= 11 is 0. The molecule has 0 bridgehead atoms. The fraction of sp³-hybridized carbons (Fsp3) is 0.250. The van der Waals surface area contributed by atoms with Crippen LogP contribution in [0.15, 0.2) is 30.1 Å². The van der Waals surface area contributed by atoms with Gasteiger partial charge in [-0.05, 0) is 12.1 Å². The molecule has 0 atom stereocenters. The first-order chi connectivity index (χ1) is 8.08. The molecule has 0 unspecified atom stereocenters. The highest BCUT2D eigenvalue weighted by Crippen LogP contribution is 2.22. The molecule has 0 saturated heterocycles. The number of aromatic nitrogens is 1. The number of anilines is 1. The Balaban J connectivity index is 2.50. The fourth-order valence-corrected chi connectivity index (χ4v) is 1.71. The van der Waals surface area contributed by atoms with E-state index in [0.29, 0.717) is 17.0 Å². The van der Waals surface area contributed by atoms with Gasteiger partial charge in [-0.1, -0.05) is 0 Å². The SMILES string of the molecule is CN(C)/C=C1/CC(=O)Nc2ncccc2C1=O. The third-order valence-corrected chi connectivity index (χ3v) is 2.37. The van der Waals surface area contributed by atoms with Gasteiger partial charge in [0, 0.05) is 32.1 Å². The fourth-order valence-electron chi connectivity index (χ4n) is 1.71. The van der Waals surface area contributed by atoms with Crippen molar-refractivity contribution in [3.63, 3.8) is 0 Å². The van der Waals surface area contributed by atoms with Crippen molar-refractivity contribution < 1.29 is 9.59 Å². The summed E-state index contributed by atoms with van der Waals surface area (Å²) in [5.41, 5.74) is 0.908. The molecule has 1 aliphatic rings. The summed E-state index contributed by atoms with van der Waals surface area (Å²) in [6.45, 7) is 0. The molecule has 0 spiro atoms. The second-order valence-corrected chi connectivity index (χ2v) is 4.07. The highest BCUT2D eigenvalue weighted by Gasteiger charge is 2.24. The third-order valence-electron chi connectivity index (χ3n) is 2.37. The van der Waals surface area contributed by atoms with Gasteiger partial charge in [-0.25, -0.2) is 4.98 Å². The van der Waals surface area contributed by atoms with Gasteiger partial charge in [0.05, 0.1) is 12.0 Å². The van der Waals surface area contributed by atoms with Gasteiger partial charge in [-0.2, -0.15) is 0 Å². The van der Waals surface area contributed by atoms with Gasteiger partial charge < -0.3 is 10.2 Å². The summed E-state index contributed by atoms with van der Waals surface area (Å²) in [7, 11) is 3.63. The predicted octanol–water partition coefficient (Wildman–Crippen LogP) is 1.05. The Morgan fingerprint density at radius 3 is 2.88 bits per heavy atom. The normalized spacial score (nSPS) is 17.4. The van der Waals surface area contributed by atoms with Crippen molar-refractivity contribution in [2.24, 2.45) is 0 Å². The summed E-state index contributed by atoms with van der Waals surface area (Å²) in [6, 6.07) is 3.35. The third kappa shape index (κ3) is 2.33. The predicted molar refractivity (Wildman–Crippen MR) is 63.6 cm³/mol. The molecule has 0 aromatic carbocycles. The van der Waals surface area contributed by atoms with E-state index in [2.05, 4.69) is 10.3 Å². The first-order valence-corrected chi connectivity index (χ1v) is 5.24. The first kappa shape index (κ1) is 11.3. The molecule has 1 aromatic rings. The van der Waals surface area contributed by atoms with Crippen molar-refractivity contribution in [3.05, 3.63) is 35.7 Å². The maximum atomic E-state index is 12.2. The lowest BCUT2D eigenvalue weighted by atomic mass is 10.0. The molecule has 5 nitrogen and oxygen atoms in total. The Hall–Kier alpha value is -2.17. The summed E-state index contributed by atoms with van der Waals surface area (Å²) in [6.07, 6.45) is 3.30. The van der Waals surface area contributed by atoms with Crippen LogP contribution in [0.2, 0.25) is 0 Å². The van der Waals surface area contributed by atoms with Crippen LogP contribution in [-0.2, 0) is 4.79 Å². The molecular formula is C12H13N3O2. The van der Waals surface area contributed by atoms with Crippen molar-refractivity contribution in [3.8, 4) is 0 Å². The Morgan fingerprint density at radius 2 is 2.18 bits per heavy atom. The molecule has 1 amide bonds. The van der Waals surface area contributed by atoms with Crippen LogP contribution in [0.25, 0.3) is 0 Å². The first-order valence-electron chi connectivity index (χ1n) is 5.24. The zero-order valence-corrected chi connectivity index (χ0v) is 9.73. The number of rotatable bonds is 1. The summed E-state index contributed by atoms with van der Waals surface area (Å²) in [5.74, 6) is -0.0336. The molecule has 1 aliphatic heterocycles. The Bertz CT molecular complexity index is 506. The zero-order chi connectivity index (χ0) is 12.4. The monoisotopic (exact) mass is 231 g/mol. The van der Waals surface area contributed by atoms with Crippen LogP contribution in [0.3, 0.4) is 0 Å². The number of Topliss-reactive ketones (excluding diaryl/α,β-unsaturated/α-hetero) is 1. The van der Waals surface area contributed by atoms with Crippen LogP contribution < -0.4 is 5.32 Å². The van der Waals surface area contributed by atoms with Crippen LogP contribution >= 0.6 is 0 Å². The van der Waals surface area contributed by atoms with Gasteiger partial charge in [-0.15, -0.1) is 0 Å². The number of hydrogen-bond donors (Lipinski definition) is 1. The smallest absolute Gasteiger partial charge is 0.230 e. The van der Waals surface area contributed by atoms with Crippen LogP contribution in [0, 0.1) is 0 Å². The van der Waals surface area contributed by atoms with E-state index in [1.807, 2.05) is 14.1 Å². The van der Waals surface area contributed by atoms with Crippen molar-refractivity contribution in [2.75, 3.05) is 19.4 Å². The van der Waals surface area contributed by atoms with Gasteiger partial charge >= 0.3 is 0 Å².